The topological polar surface area (TPSA) is 35.6 Å². The van der Waals surface area contributed by atoms with Crippen LogP contribution in [0.15, 0.2) is 158 Å². The lowest BCUT2D eigenvalue weighted by Gasteiger charge is -2.23. The minimum atomic E-state index is -0.181. The summed E-state index contributed by atoms with van der Waals surface area (Å²) in [6.07, 6.45) is 0. The van der Waals surface area contributed by atoms with Gasteiger partial charge in [-0.1, -0.05) is 126 Å². The number of benzene rings is 6. The Balaban J connectivity index is 1.16. The monoisotopic (exact) mass is 778 g/mol. The van der Waals surface area contributed by atoms with Crippen LogP contribution in [0, 0.1) is 13.8 Å². The molecule has 4 nitrogen and oxygen atoms in total. The van der Waals surface area contributed by atoms with Crippen molar-refractivity contribution < 1.29 is 0 Å². The van der Waals surface area contributed by atoms with Gasteiger partial charge >= 0.3 is 0 Å². The molecule has 0 radical (unpaired) electrons. The van der Waals surface area contributed by atoms with Crippen LogP contribution < -0.4 is 0 Å². The molecule has 60 heavy (non-hydrogen) atoms. The molecule has 0 saturated heterocycles. The van der Waals surface area contributed by atoms with Gasteiger partial charge in [-0.15, -0.1) is 0 Å². The predicted octanol–water partition coefficient (Wildman–Crippen LogP) is 14.9. The summed E-state index contributed by atoms with van der Waals surface area (Å²) in [6, 6.07) is 57.6. The van der Waals surface area contributed by atoms with Gasteiger partial charge < -0.3 is 9.13 Å². The van der Waals surface area contributed by atoms with E-state index in [4.69, 9.17) is 9.97 Å². The fourth-order valence-electron chi connectivity index (χ4n) is 8.89. The van der Waals surface area contributed by atoms with Crippen molar-refractivity contribution >= 4 is 43.6 Å². The lowest BCUT2D eigenvalue weighted by atomic mass is 9.86. The smallest absolute Gasteiger partial charge is 0.0715 e. The SMILES string of the molecule is Cc1ccc(-n2c3ccccc3c3ccccc32)cc1-c1cc(-c2cc(-c3cc(-n4c5ccccc5c5ccccc54)ccc3C)nc(C(C)(C)C)c2)cc(C(C)(C)C)n1. The van der Waals surface area contributed by atoms with Crippen LogP contribution in [0.1, 0.15) is 64.1 Å². The first-order valence-corrected chi connectivity index (χ1v) is 21.1. The fourth-order valence-corrected chi connectivity index (χ4v) is 8.89. The number of fused-ring (bicyclic) bond motifs is 6. The average Bonchev–Trinajstić information content (AvgIpc) is 3.76. The summed E-state index contributed by atoms with van der Waals surface area (Å²) in [6.45, 7) is 17.9. The number of aromatic nitrogens is 4. The van der Waals surface area contributed by atoms with Crippen molar-refractivity contribution in [2.75, 3.05) is 0 Å². The Labute approximate surface area is 352 Å². The number of para-hydroxylation sites is 4. The lowest BCUT2D eigenvalue weighted by Crippen LogP contribution is -2.15. The van der Waals surface area contributed by atoms with Gasteiger partial charge in [0.2, 0.25) is 0 Å². The van der Waals surface area contributed by atoms with Crippen LogP contribution in [0.5, 0.6) is 0 Å². The highest BCUT2D eigenvalue weighted by Crippen LogP contribution is 2.40. The van der Waals surface area contributed by atoms with Gasteiger partial charge in [0.25, 0.3) is 0 Å². The lowest BCUT2D eigenvalue weighted by molar-refractivity contribution is 0.568. The summed E-state index contributed by atoms with van der Waals surface area (Å²) in [5, 5.41) is 5.02. The molecular weight excluding hydrogens is 729 g/mol. The van der Waals surface area contributed by atoms with Crippen LogP contribution in [0.25, 0.3) is 88.6 Å². The van der Waals surface area contributed by atoms with Crippen molar-refractivity contribution in [3.8, 4) is 45.0 Å². The Morgan fingerprint density at radius 1 is 0.367 bits per heavy atom. The molecule has 0 N–H and O–H groups in total. The molecule has 0 aliphatic carbocycles. The number of nitrogens with zero attached hydrogens (tertiary/aromatic N) is 4. The number of rotatable bonds is 5. The maximum absolute atomic E-state index is 5.44. The second-order valence-electron chi connectivity index (χ2n) is 18.5. The van der Waals surface area contributed by atoms with E-state index in [1.165, 1.54) is 54.7 Å². The standard InChI is InChI=1S/C56H50N4/c1-35-25-27-39(59-49-21-13-9-17-41(49)42-18-10-14-22-50(42)59)33-45(35)47-29-37(31-53(57-47)55(3,4)5)38-30-48(58-54(32-38)56(6,7)8)46-34-40(28-26-36(46)2)60-51-23-15-11-19-43(51)44-20-12-16-24-52(44)60/h9-34H,1-8H3. The van der Waals surface area contributed by atoms with Crippen LogP contribution in [-0.2, 0) is 10.8 Å². The van der Waals surface area contributed by atoms with Gasteiger partial charge in [-0.2, -0.15) is 0 Å². The molecular formula is C56H50N4. The minimum absolute atomic E-state index is 0.181. The molecule has 10 rings (SSSR count). The third-order valence-electron chi connectivity index (χ3n) is 12.2. The number of aryl methyl sites for hydroxylation is 2. The normalized spacial score (nSPS) is 12.3. The van der Waals surface area contributed by atoms with E-state index in [1.54, 1.807) is 0 Å². The van der Waals surface area contributed by atoms with Crippen molar-refractivity contribution in [1.82, 2.24) is 19.1 Å². The predicted molar refractivity (Wildman–Crippen MR) is 254 cm³/mol. The highest BCUT2D eigenvalue weighted by Gasteiger charge is 2.24. The Hall–Kier alpha value is -6.78. The number of hydrogen-bond acceptors (Lipinski definition) is 2. The first-order chi connectivity index (χ1) is 28.8. The van der Waals surface area contributed by atoms with Crippen molar-refractivity contribution in [1.29, 1.82) is 0 Å². The molecule has 0 saturated carbocycles. The molecule has 0 spiro atoms. The van der Waals surface area contributed by atoms with Gasteiger partial charge in [-0.25, -0.2) is 0 Å². The highest BCUT2D eigenvalue weighted by atomic mass is 15.0. The molecule has 294 valence electrons. The van der Waals surface area contributed by atoms with Crippen LogP contribution in [-0.4, -0.2) is 19.1 Å². The van der Waals surface area contributed by atoms with Gasteiger partial charge in [-0.3, -0.25) is 9.97 Å². The molecule has 4 heterocycles. The maximum atomic E-state index is 5.44. The minimum Gasteiger partial charge on any atom is -0.309 e. The number of pyridine rings is 2. The van der Waals surface area contributed by atoms with Crippen LogP contribution in [0.4, 0.5) is 0 Å². The fraction of sp³-hybridized carbons (Fsp3) is 0.179. The van der Waals surface area contributed by atoms with E-state index in [1.807, 2.05) is 0 Å². The van der Waals surface area contributed by atoms with E-state index in [0.717, 1.165) is 56.4 Å². The Kier molecular flexibility index (Phi) is 8.69. The molecule has 0 fully saturated rings. The molecule has 6 aromatic carbocycles. The zero-order valence-corrected chi connectivity index (χ0v) is 35.8. The molecule has 0 bridgehead atoms. The zero-order valence-electron chi connectivity index (χ0n) is 35.8. The summed E-state index contributed by atoms with van der Waals surface area (Å²) in [7, 11) is 0. The molecule has 0 aliphatic heterocycles. The van der Waals surface area contributed by atoms with E-state index in [2.05, 4.69) is 222 Å². The van der Waals surface area contributed by atoms with Crippen molar-refractivity contribution in [2.45, 2.75) is 66.2 Å². The van der Waals surface area contributed by atoms with Crippen molar-refractivity contribution in [3.63, 3.8) is 0 Å². The first kappa shape index (κ1) is 37.5. The molecule has 10 aromatic rings. The largest absolute Gasteiger partial charge is 0.309 e. The van der Waals surface area contributed by atoms with Crippen LogP contribution in [0.3, 0.4) is 0 Å². The van der Waals surface area contributed by atoms with E-state index in [9.17, 15) is 0 Å². The van der Waals surface area contributed by atoms with E-state index < -0.39 is 0 Å². The van der Waals surface area contributed by atoms with Gasteiger partial charge in [0.05, 0.1) is 33.5 Å². The summed E-state index contributed by atoms with van der Waals surface area (Å²) < 4.78 is 4.78. The van der Waals surface area contributed by atoms with Crippen LogP contribution >= 0.6 is 0 Å². The summed E-state index contributed by atoms with van der Waals surface area (Å²) in [5.74, 6) is 0. The summed E-state index contributed by atoms with van der Waals surface area (Å²) >= 11 is 0. The summed E-state index contributed by atoms with van der Waals surface area (Å²) in [4.78, 5) is 10.9. The molecule has 0 aliphatic rings. The third-order valence-corrected chi connectivity index (χ3v) is 12.2. The maximum Gasteiger partial charge on any atom is 0.0715 e. The Morgan fingerprint density at radius 2 is 0.683 bits per heavy atom. The van der Waals surface area contributed by atoms with Gasteiger partial charge in [0.15, 0.2) is 0 Å². The molecule has 0 unspecified atom stereocenters. The Bertz CT molecular complexity index is 2980. The third kappa shape index (κ3) is 6.30. The highest BCUT2D eigenvalue weighted by molar-refractivity contribution is 6.10. The van der Waals surface area contributed by atoms with E-state index in [0.29, 0.717) is 0 Å². The average molecular weight is 779 g/mol. The van der Waals surface area contributed by atoms with Crippen molar-refractivity contribution in [2.24, 2.45) is 0 Å². The number of hydrogen-bond donors (Lipinski definition) is 0. The quantitative estimate of drug-likeness (QED) is 0.174. The van der Waals surface area contributed by atoms with E-state index in [-0.39, 0.29) is 10.8 Å². The molecule has 4 aromatic heterocycles. The second-order valence-corrected chi connectivity index (χ2v) is 18.5. The summed E-state index contributed by atoms with van der Waals surface area (Å²) in [5.41, 5.74) is 17.6. The first-order valence-electron chi connectivity index (χ1n) is 21.1. The zero-order chi connectivity index (χ0) is 41.5. The van der Waals surface area contributed by atoms with Crippen molar-refractivity contribution in [3.05, 3.63) is 180 Å². The molecule has 4 heteroatoms. The van der Waals surface area contributed by atoms with Crippen LogP contribution in [0.2, 0.25) is 0 Å². The van der Waals surface area contributed by atoms with E-state index >= 15 is 0 Å². The van der Waals surface area contributed by atoms with Gasteiger partial charge in [0, 0.05) is 66.3 Å². The molecule has 0 amide bonds. The Morgan fingerprint density at radius 3 is 1.00 bits per heavy atom. The second kappa shape index (κ2) is 13.9. The van der Waals surface area contributed by atoms with Gasteiger partial charge in [-0.05, 0) is 109 Å². The van der Waals surface area contributed by atoms with Gasteiger partial charge in [0.1, 0.15) is 0 Å². The molecule has 0 atom stereocenters.